The van der Waals surface area contributed by atoms with Gasteiger partial charge in [0, 0.05) is 18.3 Å². The van der Waals surface area contributed by atoms with Crippen LogP contribution in [0.2, 0.25) is 5.04 Å². The molecule has 1 aliphatic carbocycles. The zero-order valence-electron chi connectivity index (χ0n) is 21.5. The van der Waals surface area contributed by atoms with Gasteiger partial charge < -0.3 is 13.9 Å². The lowest BCUT2D eigenvalue weighted by Gasteiger charge is -2.45. The van der Waals surface area contributed by atoms with Crippen LogP contribution in [-0.4, -0.2) is 40.5 Å². The predicted molar refractivity (Wildman–Crippen MR) is 149 cm³/mol. The third kappa shape index (κ3) is 4.32. The number of benzene rings is 3. The van der Waals surface area contributed by atoms with Crippen molar-refractivity contribution in [3.05, 3.63) is 109 Å². The van der Waals surface area contributed by atoms with Gasteiger partial charge in [-0.1, -0.05) is 124 Å². The Labute approximate surface area is 218 Å². The van der Waals surface area contributed by atoms with Gasteiger partial charge >= 0.3 is 0 Å². The predicted octanol–water partition coefficient (Wildman–Crippen LogP) is 4.99. The lowest BCUT2D eigenvalue weighted by molar-refractivity contribution is -0.112. The van der Waals surface area contributed by atoms with Gasteiger partial charge in [0.05, 0.1) is 19.3 Å². The van der Waals surface area contributed by atoms with Gasteiger partial charge in [-0.2, -0.15) is 0 Å². The normalized spacial score (nSPS) is 25.9. The zero-order valence-corrected chi connectivity index (χ0v) is 22.5. The molecule has 3 nitrogen and oxygen atoms in total. The van der Waals surface area contributed by atoms with Gasteiger partial charge in [0.15, 0.2) is 0 Å². The number of hydrogen-bond acceptors (Lipinski definition) is 3. The molecule has 5 heteroatoms. The Morgan fingerprint density at radius 2 is 1.44 bits per heavy atom. The van der Waals surface area contributed by atoms with Crippen molar-refractivity contribution in [3.63, 3.8) is 0 Å². The van der Waals surface area contributed by atoms with Crippen LogP contribution in [0.15, 0.2) is 103 Å². The zero-order chi connectivity index (χ0) is 25.4. The van der Waals surface area contributed by atoms with E-state index in [0.29, 0.717) is 19.6 Å². The van der Waals surface area contributed by atoms with Crippen LogP contribution in [0.3, 0.4) is 0 Å². The molecule has 1 saturated heterocycles. The van der Waals surface area contributed by atoms with E-state index in [4.69, 9.17) is 21.7 Å². The Morgan fingerprint density at radius 3 is 1.94 bits per heavy atom. The van der Waals surface area contributed by atoms with E-state index in [2.05, 4.69) is 100 Å². The summed E-state index contributed by atoms with van der Waals surface area (Å²) in [4.78, 5) is 0. The highest BCUT2D eigenvalue weighted by Gasteiger charge is 2.62. The summed E-state index contributed by atoms with van der Waals surface area (Å²) in [6.45, 7) is 12.1. The van der Waals surface area contributed by atoms with Crippen molar-refractivity contribution in [2.45, 2.75) is 56.5 Å². The third-order valence-corrected chi connectivity index (χ3v) is 12.8. The molecule has 0 amide bonds. The van der Waals surface area contributed by atoms with Gasteiger partial charge in [-0.15, -0.1) is 0 Å². The fourth-order valence-corrected chi connectivity index (χ4v) is 10.8. The van der Waals surface area contributed by atoms with E-state index < -0.39 is 19.9 Å². The first-order valence-corrected chi connectivity index (χ1v) is 14.7. The van der Waals surface area contributed by atoms with Crippen LogP contribution < -0.4 is 10.4 Å². The van der Waals surface area contributed by atoms with Crippen molar-refractivity contribution in [2.75, 3.05) is 6.61 Å². The molecule has 1 aliphatic heterocycles. The minimum absolute atomic E-state index is 0.0310. The Hall–Kier alpha value is -2.44. The molecule has 2 bridgehead atoms. The van der Waals surface area contributed by atoms with Crippen molar-refractivity contribution >= 4 is 26.5 Å². The molecule has 0 aromatic heterocycles. The summed E-state index contributed by atoms with van der Waals surface area (Å²) in [5, 5.41) is 2.37. The molecule has 0 unspecified atom stereocenters. The Morgan fingerprint density at radius 1 is 0.917 bits per heavy atom. The van der Waals surface area contributed by atoms with Crippen LogP contribution in [0, 0.1) is 5.92 Å². The van der Waals surface area contributed by atoms with Crippen LogP contribution in [0.4, 0.5) is 0 Å². The van der Waals surface area contributed by atoms with Gasteiger partial charge in [-0.05, 0) is 21.0 Å². The van der Waals surface area contributed by atoms with Gasteiger partial charge in [0.1, 0.15) is 13.4 Å². The van der Waals surface area contributed by atoms with Gasteiger partial charge in [-0.25, -0.2) is 0 Å². The number of fused-ring (bicyclic) bond motifs is 2. The van der Waals surface area contributed by atoms with Gasteiger partial charge in [0.2, 0.25) is 0 Å². The summed E-state index contributed by atoms with van der Waals surface area (Å²) in [5.41, 5.74) is 1.58. The monoisotopic (exact) mass is 494 g/mol. The molecular weight excluding hydrogens is 459 g/mol. The van der Waals surface area contributed by atoms with Crippen molar-refractivity contribution in [1.82, 2.24) is 0 Å². The Bertz CT molecular complexity index is 1140. The molecule has 2 radical (unpaired) electrons. The molecule has 3 aromatic rings. The highest BCUT2D eigenvalue weighted by molar-refractivity contribution is 6.99. The SMILES string of the molecule is [B][C@@H]1O[C@@]2(CO[Si](c3ccccc3)(c3ccccc3)C(C)(C)C)CC(=C)[C@@H]1[C@@H]2OCc1ccccc1. The van der Waals surface area contributed by atoms with Crippen molar-refractivity contribution in [1.29, 1.82) is 0 Å². The fourth-order valence-electron chi connectivity index (χ4n) is 6.18. The average Bonchev–Trinajstić information content (AvgIpc) is 3.30. The molecule has 2 fully saturated rings. The fraction of sp³-hybridized carbons (Fsp3) is 0.355. The molecule has 36 heavy (non-hydrogen) atoms. The first-order valence-electron chi connectivity index (χ1n) is 12.8. The second kappa shape index (κ2) is 9.79. The van der Waals surface area contributed by atoms with Crippen LogP contribution in [0.1, 0.15) is 32.8 Å². The first kappa shape index (κ1) is 25.2. The minimum atomic E-state index is -2.73. The van der Waals surface area contributed by atoms with Crippen molar-refractivity contribution in [3.8, 4) is 0 Å². The number of ether oxygens (including phenoxy) is 2. The average molecular weight is 495 g/mol. The van der Waals surface area contributed by atoms with E-state index in [1.54, 1.807) is 0 Å². The van der Waals surface area contributed by atoms with E-state index in [-0.39, 0.29) is 17.1 Å². The number of rotatable bonds is 8. The summed E-state index contributed by atoms with van der Waals surface area (Å²) in [6.07, 6.45) is 0.502. The summed E-state index contributed by atoms with van der Waals surface area (Å²) in [7, 11) is 3.77. The molecule has 1 heterocycles. The second-order valence-corrected chi connectivity index (χ2v) is 15.5. The summed E-state index contributed by atoms with van der Waals surface area (Å²) in [5.74, 6) is -0.0310. The van der Waals surface area contributed by atoms with E-state index >= 15 is 0 Å². The summed E-state index contributed by atoms with van der Waals surface area (Å²) in [6, 6.07) is 31.2. The number of hydrogen-bond donors (Lipinski definition) is 0. The molecular formula is C31H35BO3Si. The largest absolute Gasteiger partial charge is 0.404 e. The lowest BCUT2D eigenvalue weighted by atomic mass is 9.83. The Kier molecular flexibility index (Phi) is 6.86. The minimum Gasteiger partial charge on any atom is -0.404 e. The standard InChI is InChI=1S/C31H35BO3Si/c1-23-20-31(28(27(23)29(32)35-31)33-21-24-14-8-5-9-15-24)22-34-36(30(2,3)4,25-16-10-6-11-17-25)26-18-12-7-13-19-26/h5-19,27-29H,1,20-22H2,2-4H3/t27-,28+,29-,31-/m1/s1. The molecule has 3 aromatic carbocycles. The summed E-state index contributed by atoms with van der Waals surface area (Å²) < 4.78 is 20.3. The lowest BCUT2D eigenvalue weighted by Crippen LogP contribution is -2.68. The molecule has 0 spiro atoms. The first-order chi connectivity index (χ1) is 17.3. The Balaban J connectivity index is 1.51. The van der Waals surface area contributed by atoms with Crippen molar-refractivity contribution in [2.24, 2.45) is 5.92 Å². The molecule has 4 atom stereocenters. The van der Waals surface area contributed by atoms with Gasteiger partial charge in [0.25, 0.3) is 8.32 Å². The summed E-state index contributed by atoms with van der Waals surface area (Å²) >= 11 is 0. The maximum absolute atomic E-state index is 7.29. The van der Waals surface area contributed by atoms with Crippen molar-refractivity contribution < 1.29 is 13.9 Å². The quantitative estimate of drug-likeness (QED) is 0.326. The third-order valence-electron chi connectivity index (χ3n) is 7.79. The van der Waals surface area contributed by atoms with Crippen LogP contribution in [-0.2, 0) is 20.5 Å². The van der Waals surface area contributed by atoms with Crippen LogP contribution in [0.5, 0.6) is 0 Å². The maximum Gasteiger partial charge on any atom is 0.261 e. The van der Waals surface area contributed by atoms with E-state index in [1.807, 2.05) is 18.2 Å². The second-order valence-electron chi connectivity index (χ2n) is 11.2. The molecule has 2 aliphatic rings. The highest BCUT2D eigenvalue weighted by Crippen LogP contribution is 2.52. The molecule has 5 rings (SSSR count). The van der Waals surface area contributed by atoms with E-state index in [1.165, 1.54) is 10.4 Å². The highest BCUT2D eigenvalue weighted by atomic mass is 28.4. The molecule has 0 N–H and O–H groups in total. The van der Waals surface area contributed by atoms with E-state index in [0.717, 1.165) is 11.1 Å². The molecule has 1 saturated carbocycles. The van der Waals surface area contributed by atoms with E-state index in [9.17, 15) is 0 Å². The van der Waals surface area contributed by atoms with Gasteiger partial charge in [-0.3, -0.25) is 0 Å². The topological polar surface area (TPSA) is 27.7 Å². The van der Waals surface area contributed by atoms with Crippen LogP contribution in [0.25, 0.3) is 0 Å². The van der Waals surface area contributed by atoms with Crippen LogP contribution >= 0.6 is 0 Å². The molecule has 184 valence electrons. The maximum atomic E-state index is 7.29. The smallest absolute Gasteiger partial charge is 0.261 e.